The van der Waals surface area contributed by atoms with Gasteiger partial charge in [-0.2, -0.15) is 0 Å². The highest BCUT2D eigenvalue weighted by Gasteiger charge is 2.25. The summed E-state index contributed by atoms with van der Waals surface area (Å²) in [5.74, 6) is 0.527. The van der Waals surface area contributed by atoms with Crippen LogP contribution < -0.4 is 0 Å². The molecule has 1 aliphatic rings. The topological polar surface area (TPSA) is 23.5 Å². The Morgan fingerprint density at radius 1 is 1.06 bits per heavy atom. The Kier molecular flexibility index (Phi) is 8.70. The first kappa shape index (κ1) is 16.0. The number of likely N-dealkylation sites (tertiary alicyclic amines) is 1. The van der Waals surface area contributed by atoms with Gasteiger partial charge in [0.25, 0.3) is 0 Å². The molecule has 2 atom stereocenters. The molecular formula is C16H33NO. The van der Waals surface area contributed by atoms with Gasteiger partial charge in [-0.3, -0.25) is 0 Å². The summed E-state index contributed by atoms with van der Waals surface area (Å²) in [4.78, 5) is 2.54. The van der Waals surface area contributed by atoms with Crippen LogP contribution in [-0.2, 0) is 0 Å². The molecule has 0 aromatic rings. The standard InChI is InChI=1S/C16H33NO/c1-3-4-5-6-7-8-9-10-12-17-13-11-16(14-17)15(2)18/h15-16,18H,3-14H2,1-2H3. The molecule has 2 nitrogen and oxygen atoms in total. The molecule has 0 saturated carbocycles. The van der Waals surface area contributed by atoms with E-state index in [9.17, 15) is 5.11 Å². The number of rotatable bonds is 10. The Bertz CT molecular complexity index is 194. The Labute approximate surface area is 114 Å². The van der Waals surface area contributed by atoms with E-state index in [0.29, 0.717) is 5.92 Å². The van der Waals surface area contributed by atoms with E-state index in [4.69, 9.17) is 0 Å². The number of aliphatic hydroxyl groups is 1. The van der Waals surface area contributed by atoms with Crippen LogP contribution in [0.25, 0.3) is 0 Å². The van der Waals surface area contributed by atoms with Crippen LogP contribution in [0.5, 0.6) is 0 Å². The van der Waals surface area contributed by atoms with E-state index >= 15 is 0 Å². The first-order valence-corrected chi connectivity index (χ1v) is 8.14. The first-order valence-electron chi connectivity index (χ1n) is 8.14. The Morgan fingerprint density at radius 3 is 2.22 bits per heavy atom. The number of hydrogen-bond donors (Lipinski definition) is 1. The van der Waals surface area contributed by atoms with Crippen molar-refractivity contribution in [2.45, 2.75) is 77.7 Å². The SMILES string of the molecule is CCCCCCCCCCN1CCC(C(C)O)C1. The molecule has 0 aromatic heterocycles. The van der Waals surface area contributed by atoms with Crippen molar-refractivity contribution >= 4 is 0 Å². The molecule has 0 spiro atoms. The zero-order chi connectivity index (χ0) is 13.2. The molecule has 1 heterocycles. The van der Waals surface area contributed by atoms with E-state index in [0.717, 1.165) is 6.54 Å². The molecule has 0 amide bonds. The molecule has 0 bridgehead atoms. The summed E-state index contributed by atoms with van der Waals surface area (Å²) in [5, 5.41) is 9.56. The van der Waals surface area contributed by atoms with Gasteiger partial charge < -0.3 is 10.0 Å². The molecule has 0 radical (unpaired) electrons. The smallest absolute Gasteiger partial charge is 0.0552 e. The number of hydrogen-bond acceptors (Lipinski definition) is 2. The van der Waals surface area contributed by atoms with Gasteiger partial charge in [0.15, 0.2) is 0 Å². The van der Waals surface area contributed by atoms with E-state index < -0.39 is 0 Å². The molecular weight excluding hydrogens is 222 g/mol. The van der Waals surface area contributed by atoms with Crippen LogP contribution in [0.4, 0.5) is 0 Å². The fourth-order valence-corrected chi connectivity index (χ4v) is 2.93. The maximum absolute atomic E-state index is 9.56. The second kappa shape index (κ2) is 9.80. The zero-order valence-corrected chi connectivity index (χ0v) is 12.5. The lowest BCUT2D eigenvalue weighted by atomic mass is 10.0. The number of nitrogens with zero attached hydrogens (tertiary/aromatic N) is 1. The quantitative estimate of drug-likeness (QED) is 0.600. The van der Waals surface area contributed by atoms with Gasteiger partial charge in [0, 0.05) is 6.54 Å². The molecule has 18 heavy (non-hydrogen) atoms. The molecule has 1 aliphatic heterocycles. The lowest BCUT2D eigenvalue weighted by Crippen LogP contribution is -2.25. The molecule has 1 N–H and O–H groups in total. The fourth-order valence-electron chi connectivity index (χ4n) is 2.93. The molecule has 1 fully saturated rings. The van der Waals surface area contributed by atoms with Crippen molar-refractivity contribution in [2.75, 3.05) is 19.6 Å². The van der Waals surface area contributed by atoms with Crippen molar-refractivity contribution in [3.8, 4) is 0 Å². The van der Waals surface area contributed by atoms with Gasteiger partial charge in [-0.1, -0.05) is 51.9 Å². The number of aliphatic hydroxyl groups excluding tert-OH is 1. The summed E-state index contributed by atoms with van der Waals surface area (Å²) in [6.45, 7) is 7.78. The van der Waals surface area contributed by atoms with E-state index in [1.165, 1.54) is 70.9 Å². The van der Waals surface area contributed by atoms with Gasteiger partial charge in [-0.05, 0) is 38.8 Å². The lowest BCUT2D eigenvalue weighted by molar-refractivity contribution is 0.127. The van der Waals surface area contributed by atoms with Crippen LogP contribution in [-0.4, -0.2) is 35.7 Å². The summed E-state index contributed by atoms with van der Waals surface area (Å²) >= 11 is 0. The third kappa shape index (κ3) is 6.75. The first-order chi connectivity index (χ1) is 8.74. The van der Waals surface area contributed by atoms with E-state index in [2.05, 4.69) is 11.8 Å². The monoisotopic (exact) mass is 255 g/mol. The molecule has 0 aliphatic carbocycles. The molecule has 0 aromatic carbocycles. The second-order valence-electron chi connectivity index (χ2n) is 6.06. The third-order valence-electron chi connectivity index (χ3n) is 4.32. The summed E-state index contributed by atoms with van der Waals surface area (Å²) in [7, 11) is 0. The molecule has 1 saturated heterocycles. The summed E-state index contributed by atoms with van der Waals surface area (Å²) in [6.07, 6.45) is 12.3. The lowest BCUT2D eigenvalue weighted by Gasteiger charge is -2.17. The average Bonchev–Trinajstić information content (AvgIpc) is 2.81. The highest BCUT2D eigenvalue weighted by molar-refractivity contribution is 4.78. The second-order valence-corrected chi connectivity index (χ2v) is 6.06. The minimum atomic E-state index is -0.117. The predicted octanol–water partition coefficient (Wildman–Crippen LogP) is 3.83. The van der Waals surface area contributed by atoms with Crippen LogP contribution in [0.3, 0.4) is 0 Å². The summed E-state index contributed by atoms with van der Waals surface area (Å²) in [6, 6.07) is 0. The molecule has 2 unspecified atom stereocenters. The molecule has 1 rings (SSSR count). The maximum atomic E-state index is 9.56. The zero-order valence-electron chi connectivity index (χ0n) is 12.5. The largest absolute Gasteiger partial charge is 0.393 e. The van der Waals surface area contributed by atoms with Crippen LogP contribution >= 0.6 is 0 Å². The van der Waals surface area contributed by atoms with Crippen molar-refractivity contribution in [3.63, 3.8) is 0 Å². The van der Waals surface area contributed by atoms with Gasteiger partial charge in [-0.25, -0.2) is 0 Å². The van der Waals surface area contributed by atoms with Crippen LogP contribution in [0.2, 0.25) is 0 Å². The third-order valence-corrected chi connectivity index (χ3v) is 4.32. The van der Waals surface area contributed by atoms with Crippen molar-refractivity contribution in [1.82, 2.24) is 4.90 Å². The Morgan fingerprint density at radius 2 is 1.67 bits per heavy atom. The van der Waals surface area contributed by atoms with Gasteiger partial charge in [0.1, 0.15) is 0 Å². The fraction of sp³-hybridized carbons (Fsp3) is 1.00. The van der Waals surface area contributed by atoms with Gasteiger partial charge in [-0.15, -0.1) is 0 Å². The summed E-state index contributed by atoms with van der Waals surface area (Å²) < 4.78 is 0. The highest BCUT2D eigenvalue weighted by atomic mass is 16.3. The van der Waals surface area contributed by atoms with Gasteiger partial charge in [0.2, 0.25) is 0 Å². The normalized spacial score (nSPS) is 22.5. The Hall–Kier alpha value is -0.0800. The van der Waals surface area contributed by atoms with Crippen molar-refractivity contribution < 1.29 is 5.11 Å². The van der Waals surface area contributed by atoms with Gasteiger partial charge >= 0.3 is 0 Å². The van der Waals surface area contributed by atoms with E-state index in [-0.39, 0.29) is 6.10 Å². The molecule has 108 valence electrons. The number of unbranched alkanes of at least 4 members (excludes halogenated alkanes) is 7. The van der Waals surface area contributed by atoms with Crippen molar-refractivity contribution in [3.05, 3.63) is 0 Å². The van der Waals surface area contributed by atoms with Gasteiger partial charge in [0.05, 0.1) is 6.10 Å². The molecule has 2 heteroatoms. The van der Waals surface area contributed by atoms with Crippen LogP contribution in [0.15, 0.2) is 0 Å². The van der Waals surface area contributed by atoms with Crippen LogP contribution in [0, 0.1) is 5.92 Å². The maximum Gasteiger partial charge on any atom is 0.0552 e. The van der Waals surface area contributed by atoms with E-state index in [1.807, 2.05) is 6.92 Å². The van der Waals surface area contributed by atoms with Crippen LogP contribution in [0.1, 0.15) is 71.6 Å². The van der Waals surface area contributed by atoms with E-state index in [1.54, 1.807) is 0 Å². The highest BCUT2D eigenvalue weighted by Crippen LogP contribution is 2.20. The van der Waals surface area contributed by atoms with Crippen molar-refractivity contribution in [2.24, 2.45) is 5.92 Å². The summed E-state index contributed by atoms with van der Waals surface area (Å²) in [5.41, 5.74) is 0. The predicted molar refractivity (Wildman–Crippen MR) is 78.8 cm³/mol. The van der Waals surface area contributed by atoms with Crippen molar-refractivity contribution in [1.29, 1.82) is 0 Å². The minimum Gasteiger partial charge on any atom is -0.393 e. The minimum absolute atomic E-state index is 0.117. The average molecular weight is 255 g/mol. The Balaban J connectivity index is 1.87.